The number of carbonyl (C=O) groups is 2. The Hall–Kier alpha value is -2.40. The van der Waals surface area contributed by atoms with Crippen LogP contribution in [-0.2, 0) is 4.79 Å². The fraction of sp³-hybridized carbons (Fsp3) is 0.125. The lowest BCUT2D eigenvalue weighted by Crippen LogP contribution is -2.33. The predicted octanol–water partition coefficient (Wildman–Crippen LogP) is 2.57. The van der Waals surface area contributed by atoms with Crippen molar-refractivity contribution in [2.24, 2.45) is 0 Å². The third-order valence-electron chi connectivity index (χ3n) is 2.86. The zero-order valence-corrected chi connectivity index (χ0v) is 12.7. The molecule has 1 heterocycles. The van der Waals surface area contributed by atoms with Gasteiger partial charge in [0.15, 0.2) is 0 Å². The Balaban J connectivity index is 2.21. The first-order valence-electron chi connectivity index (χ1n) is 6.45. The van der Waals surface area contributed by atoms with E-state index in [0.717, 1.165) is 10.4 Å². The number of likely N-dealkylation sites (N-methyl/N-ethyl adjacent to an activating group) is 1. The Labute approximate surface area is 127 Å². The van der Waals surface area contributed by atoms with Crippen molar-refractivity contribution in [3.63, 3.8) is 0 Å². The number of hydrogen-bond acceptors (Lipinski definition) is 3. The number of benzene rings is 1. The third kappa shape index (κ3) is 4.03. The average Bonchev–Trinajstić information content (AvgIpc) is 2.99. The second-order valence-electron chi connectivity index (χ2n) is 4.47. The van der Waals surface area contributed by atoms with Crippen molar-refractivity contribution >= 4 is 29.2 Å². The monoisotopic (exact) mass is 300 g/mol. The first-order valence-corrected chi connectivity index (χ1v) is 7.33. The zero-order chi connectivity index (χ0) is 15.2. The maximum absolute atomic E-state index is 12.2. The summed E-state index contributed by atoms with van der Waals surface area (Å²) in [5, 5.41) is 7.10. The molecule has 108 valence electrons. The van der Waals surface area contributed by atoms with E-state index < -0.39 is 0 Å². The molecule has 2 amide bonds. The van der Waals surface area contributed by atoms with Crippen LogP contribution in [0.4, 0.5) is 0 Å². The van der Waals surface area contributed by atoms with Crippen LogP contribution in [0.25, 0.3) is 6.08 Å². The highest BCUT2D eigenvalue weighted by Gasteiger charge is 2.13. The third-order valence-corrected chi connectivity index (χ3v) is 3.68. The first kappa shape index (κ1) is 15.0. The molecule has 1 aromatic heterocycles. The minimum absolute atomic E-state index is 0.227. The summed E-state index contributed by atoms with van der Waals surface area (Å²) in [4.78, 5) is 25.0. The minimum Gasteiger partial charge on any atom is -0.354 e. The van der Waals surface area contributed by atoms with Crippen LogP contribution in [-0.4, -0.2) is 18.9 Å². The lowest BCUT2D eigenvalue weighted by molar-refractivity contribution is -0.117. The van der Waals surface area contributed by atoms with E-state index in [1.165, 1.54) is 18.4 Å². The molecule has 4 nitrogen and oxygen atoms in total. The fourth-order valence-electron chi connectivity index (χ4n) is 1.71. The number of carbonyl (C=O) groups excluding carboxylic acids is 2. The topological polar surface area (TPSA) is 58.2 Å². The summed E-state index contributed by atoms with van der Waals surface area (Å²) < 4.78 is 0. The van der Waals surface area contributed by atoms with E-state index in [2.05, 4.69) is 10.6 Å². The van der Waals surface area contributed by atoms with Gasteiger partial charge in [-0.3, -0.25) is 9.59 Å². The van der Waals surface area contributed by atoms with Crippen LogP contribution in [0.15, 0.2) is 47.5 Å². The molecule has 2 N–H and O–H groups in total. The van der Waals surface area contributed by atoms with Gasteiger partial charge in [-0.1, -0.05) is 23.8 Å². The summed E-state index contributed by atoms with van der Waals surface area (Å²) in [6.07, 6.45) is 1.66. The van der Waals surface area contributed by atoms with E-state index in [4.69, 9.17) is 0 Å². The molecule has 0 unspecified atom stereocenters. The molecule has 0 aliphatic carbocycles. The molecule has 0 radical (unpaired) electrons. The van der Waals surface area contributed by atoms with Gasteiger partial charge in [-0.05, 0) is 36.6 Å². The standard InChI is InChI=1S/C16H16N2O2S/c1-11-5-7-12(8-6-11)15(19)18-14(16(20)17-2)10-13-4-3-9-21-13/h3-10H,1-2H3,(H,17,20)(H,18,19)/b14-10-. The highest BCUT2D eigenvalue weighted by molar-refractivity contribution is 7.10. The number of aryl methyl sites for hydroxylation is 1. The highest BCUT2D eigenvalue weighted by atomic mass is 32.1. The molecule has 0 aliphatic heterocycles. The molecule has 0 atom stereocenters. The molecule has 0 saturated carbocycles. The number of thiophene rings is 1. The summed E-state index contributed by atoms with van der Waals surface area (Å²) in [7, 11) is 1.53. The first-order chi connectivity index (χ1) is 10.1. The van der Waals surface area contributed by atoms with Gasteiger partial charge in [0.1, 0.15) is 5.70 Å². The van der Waals surface area contributed by atoms with Crippen LogP contribution >= 0.6 is 11.3 Å². The summed E-state index contributed by atoms with van der Waals surface area (Å²) >= 11 is 1.50. The Morgan fingerprint density at radius 3 is 2.43 bits per heavy atom. The van der Waals surface area contributed by atoms with Crippen LogP contribution < -0.4 is 10.6 Å². The molecule has 0 fully saturated rings. The van der Waals surface area contributed by atoms with Gasteiger partial charge in [-0.2, -0.15) is 0 Å². The largest absolute Gasteiger partial charge is 0.354 e. The summed E-state index contributed by atoms with van der Waals surface area (Å²) in [5.41, 5.74) is 1.82. The van der Waals surface area contributed by atoms with Crippen LogP contribution in [0.1, 0.15) is 20.8 Å². The number of nitrogens with one attached hydrogen (secondary N) is 2. The molecule has 21 heavy (non-hydrogen) atoms. The number of rotatable bonds is 4. The Morgan fingerprint density at radius 1 is 1.14 bits per heavy atom. The second kappa shape index (κ2) is 6.85. The summed E-state index contributed by atoms with van der Waals surface area (Å²) in [6, 6.07) is 11.0. The van der Waals surface area contributed by atoms with Gasteiger partial charge in [-0.15, -0.1) is 11.3 Å². The molecule has 0 aliphatic rings. The van der Waals surface area contributed by atoms with Crippen LogP contribution in [0.2, 0.25) is 0 Å². The molecular weight excluding hydrogens is 284 g/mol. The van der Waals surface area contributed by atoms with Gasteiger partial charge < -0.3 is 10.6 Å². The van der Waals surface area contributed by atoms with E-state index >= 15 is 0 Å². The maximum atomic E-state index is 12.2. The van der Waals surface area contributed by atoms with E-state index in [1.807, 2.05) is 36.6 Å². The van der Waals surface area contributed by atoms with Gasteiger partial charge in [0.25, 0.3) is 11.8 Å². The number of hydrogen-bond donors (Lipinski definition) is 2. The Morgan fingerprint density at radius 2 is 1.86 bits per heavy atom. The van der Waals surface area contributed by atoms with Crippen molar-refractivity contribution in [3.8, 4) is 0 Å². The van der Waals surface area contributed by atoms with Crippen LogP contribution in [0, 0.1) is 6.92 Å². The molecule has 5 heteroatoms. The van der Waals surface area contributed by atoms with Crippen LogP contribution in [0.3, 0.4) is 0 Å². The molecule has 0 saturated heterocycles. The smallest absolute Gasteiger partial charge is 0.267 e. The van der Waals surface area contributed by atoms with E-state index in [-0.39, 0.29) is 17.5 Å². The van der Waals surface area contributed by atoms with Crippen molar-refractivity contribution in [1.29, 1.82) is 0 Å². The zero-order valence-electron chi connectivity index (χ0n) is 11.8. The molecular formula is C16H16N2O2S. The maximum Gasteiger partial charge on any atom is 0.267 e. The Kier molecular flexibility index (Phi) is 4.90. The summed E-state index contributed by atoms with van der Waals surface area (Å²) in [5.74, 6) is -0.634. The average molecular weight is 300 g/mol. The van der Waals surface area contributed by atoms with Crippen LogP contribution in [0.5, 0.6) is 0 Å². The van der Waals surface area contributed by atoms with Crippen molar-refractivity contribution in [1.82, 2.24) is 10.6 Å². The van der Waals surface area contributed by atoms with Gasteiger partial charge in [0.2, 0.25) is 0 Å². The van der Waals surface area contributed by atoms with Crippen molar-refractivity contribution in [2.45, 2.75) is 6.92 Å². The Bertz CT molecular complexity index is 658. The van der Waals surface area contributed by atoms with Gasteiger partial charge >= 0.3 is 0 Å². The van der Waals surface area contributed by atoms with E-state index in [1.54, 1.807) is 18.2 Å². The van der Waals surface area contributed by atoms with E-state index in [0.29, 0.717) is 5.56 Å². The molecule has 2 aromatic rings. The van der Waals surface area contributed by atoms with Crippen molar-refractivity contribution in [3.05, 3.63) is 63.5 Å². The van der Waals surface area contributed by atoms with Gasteiger partial charge in [0.05, 0.1) is 0 Å². The summed E-state index contributed by atoms with van der Waals surface area (Å²) in [6.45, 7) is 1.95. The molecule has 0 bridgehead atoms. The molecule has 2 rings (SSSR count). The van der Waals surface area contributed by atoms with Crippen molar-refractivity contribution in [2.75, 3.05) is 7.05 Å². The van der Waals surface area contributed by atoms with Gasteiger partial charge in [0, 0.05) is 17.5 Å². The lowest BCUT2D eigenvalue weighted by Gasteiger charge is -2.08. The SMILES string of the molecule is CNC(=O)/C(=C/c1cccs1)NC(=O)c1ccc(C)cc1. The minimum atomic E-state index is -0.330. The fourth-order valence-corrected chi connectivity index (χ4v) is 2.37. The molecule has 1 aromatic carbocycles. The van der Waals surface area contributed by atoms with E-state index in [9.17, 15) is 9.59 Å². The quantitative estimate of drug-likeness (QED) is 0.853. The number of amides is 2. The second-order valence-corrected chi connectivity index (χ2v) is 5.45. The normalized spacial score (nSPS) is 11.0. The predicted molar refractivity (Wildman–Crippen MR) is 85.0 cm³/mol. The lowest BCUT2D eigenvalue weighted by atomic mass is 10.1. The highest BCUT2D eigenvalue weighted by Crippen LogP contribution is 2.13. The molecule has 0 spiro atoms. The van der Waals surface area contributed by atoms with Crippen molar-refractivity contribution < 1.29 is 9.59 Å². The van der Waals surface area contributed by atoms with Gasteiger partial charge in [-0.25, -0.2) is 0 Å².